The minimum absolute atomic E-state index is 0.236. The van der Waals surface area contributed by atoms with Crippen molar-refractivity contribution in [3.63, 3.8) is 0 Å². The van der Waals surface area contributed by atoms with Crippen LogP contribution in [0.3, 0.4) is 0 Å². The predicted molar refractivity (Wildman–Crippen MR) is 94.4 cm³/mol. The van der Waals surface area contributed by atoms with Crippen LogP contribution < -0.4 is 0 Å². The molecule has 0 fully saturated rings. The van der Waals surface area contributed by atoms with Crippen LogP contribution >= 0.6 is 12.1 Å². The molecule has 0 aliphatic rings. The lowest BCUT2D eigenvalue weighted by molar-refractivity contribution is 0.945. The maximum Gasteiger partial charge on any atom is 0.0827 e. The molecule has 3 heteroatoms. The largest absolute Gasteiger partial charge is 0.288 e. The minimum atomic E-state index is 0.236. The van der Waals surface area contributed by atoms with Crippen molar-refractivity contribution in [2.24, 2.45) is 4.99 Å². The van der Waals surface area contributed by atoms with Crippen molar-refractivity contribution >= 4 is 23.9 Å². The molecule has 112 valence electrons. The zero-order chi connectivity index (χ0) is 15.8. The van der Waals surface area contributed by atoms with Crippen LogP contribution in [0.25, 0.3) is 5.57 Å². The van der Waals surface area contributed by atoms with Crippen molar-refractivity contribution in [3.05, 3.63) is 64.1 Å². The first-order chi connectivity index (χ1) is 9.95. The Kier molecular flexibility index (Phi) is 7.17. The number of hydrogen-bond donors (Lipinski definition) is 0. The third kappa shape index (κ3) is 5.72. The molecule has 1 aromatic rings. The van der Waals surface area contributed by atoms with Crippen LogP contribution in [-0.4, -0.2) is 12.8 Å². The molecule has 0 atom stereocenters. The van der Waals surface area contributed by atoms with E-state index < -0.39 is 0 Å². The first-order valence-corrected chi connectivity index (χ1v) is 7.55. The summed E-state index contributed by atoms with van der Waals surface area (Å²) in [5.74, 6) is 0. The van der Waals surface area contributed by atoms with E-state index in [9.17, 15) is 3.89 Å². The van der Waals surface area contributed by atoms with E-state index >= 15 is 0 Å². The van der Waals surface area contributed by atoms with Gasteiger partial charge in [0.05, 0.1) is 23.6 Å². The summed E-state index contributed by atoms with van der Waals surface area (Å²) in [6.07, 6.45) is 3.62. The number of aliphatic imine (C=N–C) groups is 1. The Hall–Kier alpha value is -1.61. The van der Waals surface area contributed by atoms with E-state index in [0.29, 0.717) is 11.4 Å². The molecule has 21 heavy (non-hydrogen) atoms. The van der Waals surface area contributed by atoms with Gasteiger partial charge in [0.1, 0.15) is 0 Å². The van der Waals surface area contributed by atoms with Gasteiger partial charge in [-0.1, -0.05) is 48.1 Å². The molecule has 0 aromatic heterocycles. The summed E-state index contributed by atoms with van der Waals surface area (Å²) in [6.45, 7) is 12.5. The third-order valence-electron chi connectivity index (χ3n) is 3.04. The molecule has 0 aliphatic heterocycles. The highest BCUT2D eigenvalue weighted by molar-refractivity contribution is 7.99. The maximum atomic E-state index is 12.6. The second-order valence-corrected chi connectivity index (χ2v) is 5.84. The molecule has 0 saturated heterocycles. The predicted octanol–water partition coefficient (Wildman–Crippen LogP) is 5.94. The fourth-order valence-corrected chi connectivity index (χ4v) is 2.12. The highest BCUT2D eigenvalue weighted by Crippen LogP contribution is 2.20. The molecule has 1 aromatic carbocycles. The Labute approximate surface area is 131 Å². The van der Waals surface area contributed by atoms with Crippen LogP contribution in [0.2, 0.25) is 0 Å². The van der Waals surface area contributed by atoms with Gasteiger partial charge in [-0.2, -0.15) is 3.89 Å². The van der Waals surface area contributed by atoms with Crippen molar-refractivity contribution in [1.82, 2.24) is 0 Å². The van der Waals surface area contributed by atoms with E-state index in [1.807, 2.05) is 39.0 Å². The van der Waals surface area contributed by atoms with E-state index in [-0.39, 0.29) is 12.1 Å². The highest BCUT2D eigenvalue weighted by atomic mass is 32.2. The number of benzene rings is 1. The minimum Gasteiger partial charge on any atom is -0.288 e. The third-order valence-corrected chi connectivity index (χ3v) is 3.72. The number of nitrogens with zero attached hydrogens (tertiary/aromatic N) is 1. The molecular formula is C18H22FNS. The molecular weight excluding hydrogens is 281 g/mol. The van der Waals surface area contributed by atoms with Crippen LogP contribution in [0.4, 0.5) is 3.89 Å². The molecule has 0 N–H and O–H groups in total. The smallest absolute Gasteiger partial charge is 0.0827 e. The quantitative estimate of drug-likeness (QED) is 0.468. The van der Waals surface area contributed by atoms with Gasteiger partial charge in [-0.3, -0.25) is 4.99 Å². The Morgan fingerprint density at radius 2 is 1.95 bits per heavy atom. The molecule has 0 amide bonds. The standard InChI is InChI=1S/C18H22FNS/c1-13(2)18(21-19)12-20-11-14(3)10-16(5)17-9-7-6-8-15(17)4/h6-10,12H,5,11H2,1-4H3/b14-10-,20-12?. The lowest BCUT2D eigenvalue weighted by Crippen LogP contribution is -1.90. The summed E-state index contributed by atoms with van der Waals surface area (Å²) in [7, 11) is 0. The molecule has 0 bridgehead atoms. The fourth-order valence-electron chi connectivity index (χ4n) is 1.85. The highest BCUT2D eigenvalue weighted by Gasteiger charge is 2.00. The molecule has 0 aliphatic carbocycles. The van der Waals surface area contributed by atoms with Crippen molar-refractivity contribution in [2.45, 2.75) is 27.7 Å². The number of rotatable bonds is 6. The van der Waals surface area contributed by atoms with Gasteiger partial charge in [0, 0.05) is 6.21 Å². The Balaban J connectivity index is 2.74. The van der Waals surface area contributed by atoms with Gasteiger partial charge in [-0.25, -0.2) is 0 Å². The van der Waals surface area contributed by atoms with Crippen molar-refractivity contribution in [3.8, 4) is 0 Å². The Bertz CT molecular complexity index is 593. The van der Waals surface area contributed by atoms with Gasteiger partial charge >= 0.3 is 0 Å². The van der Waals surface area contributed by atoms with Crippen LogP contribution in [0.15, 0.2) is 58.0 Å². The van der Waals surface area contributed by atoms with Crippen LogP contribution in [0.5, 0.6) is 0 Å². The SMILES string of the molecule is C=C(/C=C(/C)CN=CC(SF)=C(C)C)c1ccccc1C. The molecule has 0 saturated carbocycles. The zero-order valence-electron chi connectivity index (χ0n) is 13.1. The van der Waals surface area contributed by atoms with E-state index in [1.165, 1.54) is 5.56 Å². The first kappa shape index (κ1) is 17.4. The van der Waals surface area contributed by atoms with Crippen LogP contribution in [0, 0.1) is 6.92 Å². The van der Waals surface area contributed by atoms with Crippen molar-refractivity contribution < 1.29 is 3.89 Å². The normalized spacial score (nSPS) is 11.8. The van der Waals surface area contributed by atoms with Gasteiger partial charge in [-0.15, -0.1) is 0 Å². The first-order valence-electron chi connectivity index (χ1n) is 6.83. The van der Waals surface area contributed by atoms with Gasteiger partial charge in [0.2, 0.25) is 0 Å². The molecule has 0 heterocycles. The van der Waals surface area contributed by atoms with Crippen LogP contribution in [0.1, 0.15) is 31.9 Å². The number of aryl methyl sites for hydroxylation is 1. The Morgan fingerprint density at radius 1 is 1.29 bits per heavy atom. The van der Waals surface area contributed by atoms with E-state index in [4.69, 9.17) is 0 Å². The molecule has 1 rings (SSSR count). The average molecular weight is 303 g/mol. The lowest BCUT2D eigenvalue weighted by atomic mass is 10.0. The summed E-state index contributed by atoms with van der Waals surface area (Å²) in [4.78, 5) is 4.85. The van der Waals surface area contributed by atoms with Gasteiger partial charge in [-0.05, 0) is 44.4 Å². The van der Waals surface area contributed by atoms with Gasteiger partial charge in [0.15, 0.2) is 0 Å². The summed E-state index contributed by atoms with van der Waals surface area (Å²) in [6, 6.07) is 8.16. The second kappa shape index (κ2) is 8.63. The monoisotopic (exact) mass is 303 g/mol. The van der Waals surface area contributed by atoms with E-state index in [0.717, 1.165) is 22.3 Å². The molecule has 0 radical (unpaired) electrons. The van der Waals surface area contributed by atoms with E-state index in [2.05, 4.69) is 30.6 Å². The lowest BCUT2D eigenvalue weighted by Gasteiger charge is -2.06. The summed E-state index contributed by atoms with van der Waals surface area (Å²) >= 11 is 0.236. The Morgan fingerprint density at radius 3 is 2.52 bits per heavy atom. The molecule has 0 spiro atoms. The van der Waals surface area contributed by atoms with Gasteiger partial charge < -0.3 is 0 Å². The van der Waals surface area contributed by atoms with Crippen molar-refractivity contribution in [2.75, 3.05) is 6.54 Å². The maximum absolute atomic E-state index is 12.6. The summed E-state index contributed by atoms with van der Waals surface area (Å²) in [5.41, 5.74) is 5.35. The topological polar surface area (TPSA) is 12.4 Å². The van der Waals surface area contributed by atoms with E-state index in [1.54, 1.807) is 6.21 Å². The number of hydrogen-bond acceptors (Lipinski definition) is 2. The molecule has 0 unspecified atom stereocenters. The number of halogens is 1. The summed E-state index contributed by atoms with van der Waals surface area (Å²) in [5, 5.41) is 0. The van der Waals surface area contributed by atoms with Crippen LogP contribution in [-0.2, 0) is 0 Å². The zero-order valence-corrected chi connectivity index (χ0v) is 13.9. The van der Waals surface area contributed by atoms with Gasteiger partial charge in [0.25, 0.3) is 0 Å². The molecule has 1 nitrogen and oxygen atoms in total. The summed E-state index contributed by atoms with van der Waals surface area (Å²) < 4.78 is 12.6. The van der Waals surface area contributed by atoms with Crippen molar-refractivity contribution in [1.29, 1.82) is 0 Å². The average Bonchev–Trinajstić information content (AvgIpc) is 2.43. The fraction of sp³-hybridized carbons (Fsp3) is 0.278. The second-order valence-electron chi connectivity index (χ2n) is 5.24. The number of allylic oxidation sites excluding steroid dienone is 4.